The molecule has 2 N–H and O–H groups in total. The average Bonchev–Trinajstić information content (AvgIpc) is 3.02. The van der Waals surface area contributed by atoms with E-state index in [2.05, 4.69) is 22.8 Å². The average molecular weight is 264 g/mol. The third kappa shape index (κ3) is 2.82. The summed E-state index contributed by atoms with van der Waals surface area (Å²) in [6.07, 6.45) is 7.04. The van der Waals surface area contributed by atoms with Gasteiger partial charge in [0, 0.05) is 13.1 Å². The van der Waals surface area contributed by atoms with Crippen LogP contribution in [0.5, 0.6) is 0 Å². The van der Waals surface area contributed by atoms with Crippen LogP contribution in [0.15, 0.2) is 12.2 Å². The summed E-state index contributed by atoms with van der Waals surface area (Å²) in [7, 11) is 0. The SMILES string of the molecule is CCCNC(=O)[C@@H]1[C@H](C(=O)NCCC)[C@H]2C=C[C@H]1C2. The van der Waals surface area contributed by atoms with Gasteiger partial charge in [0.15, 0.2) is 0 Å². The van der Waals surface area contributed by atoms with E-state index in [0.717, 1.165) is 19.3 Å². The minimum absolute atomic E-state index is 0.0512. The summed E-state index contributed by atoms with van der Waals surface area (Å²) in [5.41, 5.74) is 0. The minimum Gasteiger partial charge on any atom is -0.356 e. The van der Waals surface area contributed by atoms with Crippen LogP contribution in [0.1, 0.15) is 33.1 Å². The molecule has 2 aliphatic rings. The molecule has 2 aliphatic carbocycles. The maximum atomic E-state index is 12.3. The molecular weight excluding hydrogens is 240 g/mol. The molecule has 0 spiro atoms. The number of amides is 2. The Balaban J connectivity index is 2.04. The fourth-order valence-electron chi connectivity index (χ4n) is 3.27. The van der Waals surface area contributed by atoms with E-state index >= 15 is 0 Å². The molecule has 2 rings (SSSR count). The van der Waals surface area contributed by atoms with Crippen molar-refractivity contribution in [3.8, 4) is 0 Å². The van der Waals surface area contributed by atoms with Crippen LogP contribution in [0.25, 0.3) is 0 Å². The maximum Gasteiger partial charge on any atom is 0.224 e. The first-order valence-corrected chi connectivity index (χ1v) is 7.42. The number of allylic oxidation sites excluding steroid dienone is 2. The van der Waals surface area contributed by atoms with Crippen molar-refractivity contribution in [1.82, 2.24) is 10.6 Å². The van der Waals surface area contributed by atoms with Crippen LogP contribution < -0.4 is 10.6 Å². The molecule has 4 atom stereocenters. The number of hydrogen-bond donors (Lipinski definition) is 2. The van der Waals surface area contributed by atoms with E-state index in [0.29, 0.717) is 13.1 Å². The fraction of sp³-hybridized carbons (Fsp3) is 0.733. The van der Waals surface area contributed by atoms with Crippen LogP contribution in [-0.2, 0) is 9.59 Å². The Morgan fingerprint density at radius 2 is 1.37 bits per heavy atom. The Labute approximate surface area is 115 Å². The van der Waals surface area contributed by atoms with Gasteiger partial charge in [0.05, 0.1) is 11.8 Å². The lowest BCUT2D eigenvalue weighted by atomic mass is 9.81. The quantitative estimate of drug-likeness (QED) is 0.714. The standard InChI is InChI=1S/C15H24N2O2/c1-3-7-16-14(18)12-10-5-6-11(9-10)13(12)15(19)17-8-4-2/h5-6,10-13H,3-4,7-9H2,1-2H3,(H,16,18)(H,17,19)/t10-,11-,12-,13+/m0/s1. The van der Waals surface area contributed by atoms with Crippen molar-refractivity contribution in [2.24, 2.45) is 23.7 Å². The largest absolute Gasteiger partial charge is 0.356 e. The summed E-state index contributed by atoms with van der Waals surface area (Å²) in [6, 6.07) is 0. The first kappa shape index (κ1) is 14.1. The predicted octanol–water partition coefficient (Wildman–Crippen LogP) is 1.48. The van der Waals surface area contributed by atoms with Crippen LogP contribution in [0.3, 0.4) is 0 Å². The zero-order valence-corrected chi connectivity index (χ0v) is 11.8. The van der Waals surface area contributed by atoms with Crippen LogP contribution in [0.4, 0.5) is 0 Å². The second-order valence-electron chi connectivity index (χ2n) is 5.58. The van der Waals surface area contributed by atoms with Crippen molar-refractivity contribution in [3.63, 3.8) is 0 Å². The van der Waals surface area contributed by atoms with Crippen molar-refractivity contribution in [1.29, 1.82) is 0 Å². The molecule has 0 aromatic heterocycles. The monoisotopic (exact) mass is 264 g/mol. The van der Waals surface area contributed by atoms with Gasteiger partial charge in [-0.25, -0.2) is 0 Å². The Morgan fingerprint density at radius 1 is 0.947 bits per heavy atom. The lowest BCUT2D eigenvalue weighted by molar-refractivity contribution is -0.135. The molecule has 4 heteroatoms. The highest BCUT2D eigenvalue weighted by Crippen LogP contribution is 2.48. The van der Waals surface area contributed by atoms with Gasteiger partial charge in [0.2, 0.25) is 11.8 Å². The van der Waals surface area contributed by atoms with Crippen LogP contribution in [0, 0.1) is 23.7 Å². The maximum absolute atomic E-state index is 12.3. The predicted molar refractivity (Wildman–Crippen MR) is 74.3 cm³/mol. The third-order valence-electron chi connectivity index (χ3n) is 4.16. The fourth-order valence-corrected chi connectivity index (χ4v) is 3.27. The van der Waals surface area contributed by atoms with Crippen LogP contribution in [-0.4, -0.2) is 24.9 Å². The molecule has 106 valence electrons. The second-order valence-corrected chi connectivity index (χ2v) is 5.58. The molecule has 0 saturated heterocycles. The first-order valence-electron chi connectivity index (χ1n) is 7.42. The second kappa shape index (κ2) is 6.22. The number of hydrogen-bond acceptors (Lipinski definition) is 2. The highest BCUT2D eigenvalue weighted by atomic mass is 16.2. The van der Waals surface area contributed by atoms with Gasteiger partial charge in [-0.3, -0.25) is 9.59 Å². The molecule has 0 radical (unpaired) electrons. The summed E-state index contributed by atoms with van der Waals surface area (Å²) in [6.45, 7) is 5.46. The first-order chi connectivity index (χ1) is 9.19. The summed E-state index contributed by atoms with van der Waals surface area (Å²) in [5.74, 6) is 0.265. The van der Waals surface area contributed by atoms with Gasteiger partial charge < -0.3 is 10.6 Å². The Hall–Kier alpha value is -1.32. The van der Waals surface area contributed by atoms with Crippen molar-refractivity contribution < 1.29 is 9.59 Å². The van der Waals surface area contributed by atoms with Gasteiger partial charge in [-0.1, -0.05) is 26.0 Å². The van der Waals surface area contributed by atoms with Gasteiger partial charge in [-0.2, -0.15) is 0 Å². The highest BCUT2D eigenvalue weighted by Gasteiger charge is 2.51. The molecule has 4 nitrogen and oxygen atoms in total. The zero-order valence-electron chi connectivity index (χ0n) is 11.8. The Morgan fingerprint density at radius 3 is 1.74 bits per heavy atom. The molecule has 0 aliphatic heterocycles. The van der Waals surface area contributed by atoms with E-state index in [-0.39, 0.29) is 35.5 Å². The lowest BCUT2D eigenvalue weighted by Gasteiger charge is -2.26. The topological polar surface area (TPSA) is 58.2 Å². The highest BCUT2D eigenvalue weighted by molar-refractivity contribution is 5.89. The van der Waals surface area contributed by atoms with Crippen LogP contribution in [0.2, 0.25) is 0 Å². The van der Waals surface area contributed by atoms with Crippen molar-refractivity contribution in [2.45, 2.75) is 33.1 Å². The number of rotatable bonds is 6. The summed E-state index contributed by atoms with van der Waals surface area (Å²) in [4.78, 5) is 24.5. The van der Waals surface area contributed by atoms with Gasteiger partial charge in [-0.05, 0) is 31.1 Å². The van der Waals surface area contributed by atoms with E-state index in [9.17, 15) is 9.59 Å². The molecule has 1 saturated carbocycles. The lowest BCUT2D eigenvalue weighted by Crippen LogP contribution is -2.44. The molecule has 0 heterocycles. The molecule has 0 unspecified atom stereocenters. The molecule has 0 aromatic carbocycles. The van der Waals surface area contributed by atoms with Gasteiger partial charge >= 0.3 is 0 Å². The van der Waals surface area contributed by atoms with Crippen molar-refractivity contribution in [3.05, 3.63) is 12.2 Å². The summed E-state index contributed by atoms with van der Waals surface area (Å²) >= 11 is 0. The normalized spacial score (nSPS) is 31.5. The van der Waals surface area contributed by atoms with Crippen molar-refractivity contribution >= 4 is 11.8 Å². The third-order valence-corrected chi connectivity index (χ3v) is 4.16. The van der Waals surface area contributed by atoms with E-state index in [1.54, 1.807) is 0 Å². The van der Waals surface area contributed by atoms with Crippen LogP contribution >= 0.6 is 0 Å². The smallest absolute Gasteiger partial charge is 0.224 e. The molecule has 1 fully saturated rings. The number of carbonyl (C=O) groups is 2. The summed E-state index contributed by atoms with van der Waals surface area (Å²) in [5, 5.41) is 5.89. The van der Waals surface area contributed by atoms with Crippen molar-refractivity contribution in [2.75, 3.05) is 13.1 Å². The van der Waals surface area contributed by atoms with Gasteiger partial charge in [0.1, 0.15) is 0 Å². The Kier molecular flexibility index (Phi) is 4.61. The molecule has 2 amide bonds. The van der Waals surface area contributed by atoms with E-state index in [1.807, 2.05) is 13.8 Å². The number of carbonyl (C=O) groups excluding carboxylic acids is 2. The van der Waals surface area contributed by atoms with E-state index in [1.165, 1.54) is 0 Å². The molecule has 19 heavy (non-hydrogen) atoms. The molecular formula is C15H24N2O2. The van der Waals surface area contributed by atoms with E-state index in [4.69, 9.17) is 0 Å². The number of nitrogens with one attached hydrogen (secondary N) is 2. The summed E-state index contributed by atoms with van der Waals surface area (Å²) < 4.78 is 0. The van der Waals surface area contributed by atoms with Gasteiger partial charge in [-0.15, -0.1) is 0 Å². The van der Waals surface area contributed by atoms with E-state index < -0.39 is 0 Å². The minimum atomic E-state index is -0.168. The Bertz CT molecular complexity index is 344. The van der Waals surface area contributed by atoms with Gasteiger partial charge in [0.25, 0.3) is 0 Å². The molecule has 2 bridgehead atoms. The number of fused-ring (bicyclic) bond motifs is 2. The zero-order chi connectivity index (χ0) is 13.8. The molecule has 0 aromatic rings.